The Morgan fingerprint density at radius 2 is 1.73 bits per heavy atom. The number of nitrogens with zero attached hydrogens (tertiary/aromatic N) is 2. The highest BCUT2D eigenvalue weighted by molar-refractivity contribution is 5.81. The van der Waals surface area contributed by atoms with Crippen LogP contribution < -0.4 is 10.9 Å². The van der Waals surface area contributed by atoms with E-state index in [1.807, 2.05) is 6.20 Å². The second-order valence-electron chi connectivity index (χ2n) is 9.07. The molecule has 1 atom stereocenters. The van der Waals surface area contributed by atoms with Crippen LogP contribution in [-0.4, -0.2) is 60.6 Å². The third kappa shape index (κ3) is 5.82. The SMILES string of the molecule is CN1CCN(CCc2ccc(/C=C/C3C=C(/C=C/c4ccc5cc[nH]c5c4)NN3)cc2)CC1. The van der Waals surface area contributed by atoms with Crippen molar-refractivity contribution in [3.63, 3.8) is 0 Å². The van der Waals surface area contributed by atoms with Gasteiger partial charge in [0.15, 0.2) is 0 Å². The van der Waals surface area contributed by atoms with Crippen LogP contribution in [0.5, 0.6) is 0 Å². The number of aromatic amines is 1. The van der Waals surface area contributed by atoms with Crippen molar-refractivity contribution in [1.29, 1.82) is 0 Å². The highest BCUT2D eigenvalue weighted by atomic mass is 15.4. The monoisotopic (exact) mass is 439 g/mol. The molecule has 2 aliphatic heterocycles. The van der Waals surface area contributed by atoms with E-state index in [9.17, 15) is 0 Å². The Kier molecular flexibility index (Phi) is 6.72. The first kappa shape index (κ1) is 21.7. The van der Waals surface area contributed by atoms with Gasteiger partial charge in [0, 0.05) is 50.1 Å². The van der Waals surface area contributed by atoms with Gasteiger partial charge in [0.25, 0.3) is 0 Å². The lowest BCUT2D eigenvalue weighted by atomic mass is 10.1. The van der Waals surface area contributed by atoms with E-state index in [0.29, 0.717) is 0 Å². The van der Waals surface area contributed by atoms with Crippen LogP contribution in [0.3, 0.4) is 0 Å². The third-order valence-electron chi connectivity index (χ3n) is 6.57. The van der Waals surface area contributed by atoms with Crippen LogP contribution in [0.4, 0.5) is 0 Å². The van der Waals surface area contributed by atoms with Crippen LogP contribution in [0.25, 0.3) is 23.1 Å². The van der Waals surface area contributed by atoms with Crippen molar-refractivity contribution in [2.45, 2.75) is 12.5 Å². The number of allylic oxidation sites excluding steroid dienone is 1. The number of hydrogen-bond donors (Lipinski definition) is 3. The van der Waals surface area contributed by atoms with Gasteiger partial charge in [-0.2, -0.15) is 0 Å². The Bertz CT molecular complexity index is 1150. The molecular formula is C28H33N5. The number of hydrazine groups is 1. The van der Waals surface area contributed by atoms with E-state index in [0.717, 1.165) is 24.2 Å². The summed E-state index contributed by atoms with van der Waals surface area (Å²) in [7, 11) is 2.21. The molecule has 1 unspecified atom stereocenters. The summed E-state index contributed by atoms with van der Waals surface area (Å²) in [6.45, 7) is 5.89. The summed E-state index contributed by atoms with van der Waals surface area (Å²) < 4.78 is 0. The first-order valence-electron chi connectivity index (χ1n) is 11.9. The molecule has 33 heavy (non-hydrogen) atoms. The predicted octanol–water partition coefficient (Wildman–Crippen LogP) is 4.04. The predicted molar refractivity (Wildman–Crippen MR) is 139 cm³/mol. The fourth-order valence-corrected chi connectivity index (χ4v) is 4.37. The van der Waals surface area contributed by atoms with Crippen LogP contribution >= 0.6 is 0 Å². The van der Waals surface area contributed by atoms with Gasteiger partial charge in [-0.15, -0.1) is 0 Å². The lowest BCUT2D eigenvalue weighted by Gasteiger charge is -2.32. The van der Waals surface area contributed by atoms with Crippen molar-refractivity contribution in [2.75, 3.05) is 39.8 Å². The molecule has 1 fully saturated rings. The van der Waals surface area contributed by atoms with E-state index in [1.165, 1.54) is 48.3 Å². The minimum Gasteiger partial charge on any atom is -0.361 e. The first-order chi connectivity index (χ1) is 16.2. The number of aromatic nitrogens is 1. The van der Waals surface area contributed by atoms with Gasteiger partial charge in [0.2, 0.25) is 0 Å². The van der Waals surface area contributed by atoms with Crippen molar-refractivity contribution >= 4 is 23.1 Å². The van der Waals surface area contributed by atoms with Gasteiger partial charge in [0.05, 0.1) is 6.04 Å². The van der Waals surface area contributed by atoms with E-state index in [-0.39, 0.29) is 6.04 Å². The van der Waals surface area contributed by atoms with Crippen LogP contribution in [0.15, 0.2) is 78.7 Å². The molecule has 0 aliphatic carbocycles. The van der Waals surface area contributed by atoms with Gasteiger partial charge in [-0.1, -0.05) is 54.6 Å². The molecule has 3 N–H and O–H groups in total. The van der Waals surface area contributed by atoms with E-state index in [1.54, 1.807) is 0 Å². The molecule has 5 nitrogen and oxygen atoms in total. The molecule has 0 amide bonds. The highest BCUT2D eigenvalue weighted by Gasteiger charge is 2.13. The first-order valence-corrected chi connectivity index (χ1v) is 11.9. The third-order valence-corrected chi connectivity index (χ3v) is 6.57. The van der Waals surface area contributed by atoms with Gasteiger partial charge in [-0.25, -0.2) is 5.43 Å². The van der Waals surface area contributed by atoms with E-state index < -0.39 is 0 Å². The molecule has 3 heterocycles. The average molecular weight is 440 g/mol. The zero-order valence-electron chi connectivity index (χ0n) is 19.3. The summed E-state index contributed by atoms with van der Waals surface area (Å²) in [6, 6.07) is 17.7. The summed E-state index contributed by atoms with van der Waals surface area (Å²) in [5, 5.41) is 1.24. The number of likely N-dealkylation sites (N-methyl/N-ethyl adjacent to an activating group) is 1. The largest absolute Gasteiger partial charge is 0.361 e. The van der Waals surface area contributed by atoms with Gasteiger partial charge >= 0.3 is 0 Å². The van der Waals surface area contributed by atoms with Gasteiger partial charge in [-0.05, 0) is 59.8 Å². The standard InChI is InChI=1S/C28H33N5/c1-32-16-18-33(19-17-32)15-13-23-4-2-22(3-5-23)7-10-26-21-27(31-30-26)11-8-24-6-9-25-12-14-29-28(25)20-24/h2-12,14,20-21,26,29-31H,13,15-19H2,1H3/b10-7+,11-8+. The van der Waals surface area contributed by atoms with Crippen molar-refractivity contribution in [2.24, 2.45) is 0 Å². The Hall–Kier alpha value is -3.12. The molecule has 5 rings (SSSR count). The molecule has 170 valence electrons. The smallest absolute Gasteiger partial charge is 0.0647 e. The minimum absolute atomic E-state index is 0.174. The molecule has 0 spiro atoms. The fraction of sp³-hybridized carbons (Fsp3) is 0.286. The van der Waals surface area contributed by atoms with E-state index in [4.69, 9.17) is 0 Å². The zero-order chi connectivity index (χ0) is 22.5. The number of rotatable bonds is 7. The van der Waals surface area contributed by atoms with Crippen molar-refractivity contribution in [3.8, 4) is 0 Å². The molecule has 3 aromatic rings. The van der Waals surface area contributed by atoms with Crippen LogP contribution in [-0.2, 0) is 6.42 Å². The molecule has 2 aliphatic rings. The molecule has 5 heteroatoms. The zero-order valence-corrected chi connectivity index (χ0v) is 19.3. The lowest BCUT2D eigenvalue weighted by molar-refractivity contribution is 0.155. The molecule has 1 aromatic heterocycles. The van der Waals surface area contributed by atoms with Crippen LogP contribution in [0.1, 0.15) is 16.7 Å². The second kappa shape index (κ2) is 10.2. The van der Waals surface area contributed by atoms with Crippen molar-refractivity contribution in [3.05, 3.63) is 95.3 Å². The maximum atomic E-state index is 3.31. The Morgan fingerprint density at radius 3 is 2.58 bits per heavy atom. The number of piperazine rings is 1. The van der Waals surface area contributed by atoms with E-state index >= 15 is 0 Å². The molecular weight excluding hydrogens is 406 g/mol. The van der Waals surface area contributed by atoms with Gasteiger partial charge in [-0.3, -0.25) is 0 Å². The molecule has 0 radical (unpaired) electrons. The fourth-order valence-electron chi connectivity index (χ4n) is 4.37. The Balaban J connectivity index is 1.12. The lowest BCUT2D eigenvalue weighted by Crippen LogP contribution is -2.45. The van der Waals surface area contributed by atoms with Gasteiger partial charge in [0.1, 0.15) is 0 Å². The molecule has 0 bridgehead atoms. The van der Waals surface area contributed by atoms with Crippen molar-refractivity contribution in [1.82, 2.24) is 25.6 Å². The quantitative estimate of drug-likeness (QED) is 0.520. The average Bonchev–Trinajstić information content (AvgIpc) is 3.51. The molecule has 2 aromatic carbocycles. The number of benzene rings is 2. The number of nitrogens with one attached hydrogen (secondary N) is 3. The second-order valence-corrected chi connectivity index (χ2v) is 9.07. The highest BCUT2D eigenvalue weighted by Crippen LogP contribution is 2.16. The summed E-state index contributed by atoms with van der Waals surface area (Å²) in [5.41, 5.74) is 12.6. The number of fused-ring (bicyclic) bond motifs is 1. The maximum absolute atomic E-state index is 3.31. The summed E-state index contributed by atoms with van der Waals surface area (Å²) in [5.74, 6) is 0. The number of H-pyrrole nitrogens is 1. The van der Waals surface area contributed by atoms with E-state index in [2.05, 4.69) is 112 Å². The van der Waals surface area contributed by atoms with Crippen molar-refractivity contribution < 1.29 is 0 Å². The van der Waals surface area contributed by atoms with Crippen LogP contribution in [0.2, 0.25) is 0 Å². The minimum atomic E-state index is 0.174. The Labute approximate surface area is 196 Å². The molecule has 0 saturated carbocycles. The topological polar surface area (TPSA) is 46.3 Å². The van der Waals surface area contributed by atoms with Crippen LogP contribution in [0, 0.1) is 0 Å². The summed E-state index contributed by atoms with van der Waals surface area (Å²) in [4.78, 5) is 8.24. The summed E-state index contributed by atoms with van der Waals surface area (Å²) in [6.07, 6.45) is 13.9. The number of hydrogen-bond acceptors (Lipinski definition) is 4. The van der Waals surface area contributed by atoms with Gasteiger partial charge < -0.3 is 20.2 Å². The maximum Gasteiger partial charge on any atom is 0.0647 e. The molecule has 1 saturated heterocycles. The summed E-state index contributed by atoms with van der Waals surface area (Å²) >= 11 is 0. The normalized spacial score (nSPS) is 20.2. The Morgan fingerprint density at radius 1 is 0.909 bits per heavy atom.